The minimum atomic E-state index is -0.517. The van der Waals surface area contributed by atoms with E-state index in [1.807, 2.05) is 83.1 Å². The van der Waals surface area contributed by atoms with Crippen LogP contribution in [-0.2, 0) is 40.4 Å². The van der Waals surface area contributed by atoms with Crippen molar-refractivity contribution in [3.05, 3.63) is 70.8 Å². The van der Waals surface area contributed by atoms with Crippen LogP contribution in [0.2, 0.25) is 0 Å². The number of carbonyl (C=O) groups excluding carboxylic acids is 2. The van der Waals surface area contributed by atoms with Gasteiger partial charge in [0.05, 0.1) is 13.0 Å². The van der Waals surface area contributed by atoms with Crippen molar-refractivity contribution in [1.82, 2.24) is 10.4 Å². The standard InChI is InChI=1S/C23H28N2O4.C2H6/c1-23(2,3)29-22(27)25-12-11-19-10-9-18(13-20(19)15-25)14-21(26)24-28-16-17-7-5-4-6-8-17;1-2/h4-10,13H,11-12,14-16H2,1-3H3,(H,24,26);1-2H3. The van der Waals surface area contributed by atoms with Gasteiger partial charge < -0.3 is 9.64 Å². The summed E-state index contributed by atoms with van der Waals surface area (Å²) in [4.78, 5) is 31.5. The zero-order chi connectivity index (χ0) is 22.9. The average molecular weight is 427 g/mol. The molecular weight excluding hydrogens is 392 g/mol. The lowest BCUT2D eigenvalue weighted by atomic mass is 9.96. The number of hydrogen-bond donors (Lipinski definition) is 1. The zero-order valence-electron chi connectivity index (χ0n) is 19.2. The molecule has 2 aromatic carbocycles. The highest BCUT2D eigenvalue weighted by Gasteiger charge is 2.25. The van der Waals surface area contributed by atoms with E-state index in [0.29, 0.717) is 19.7 Å². The van der Waals surface area contributed by atoms with E-state index in [4.69, 9.17) is 9.57 Å². The molecule has 0 saturated carbocycles. The lowest BCUT2D eigenvalue weighted by molar-refractivity contribution is -0.133. The first-order chi connectivity index (χ1) is 14.8. The van der Waals surface area contributed by atoms with E-state index in [2.05, 4.69) is 5.48 Å². The summed E-state index contributed by atoms with van der Waals surface area (Å²) in [6.45, 7) is 11.0. The first kappa shape index (κ1) is 24.4. The third-order valence-corrected chi connectivity index (χ3v) is 4.57. The van der Waals surface area contributed by atoms with Crippen LogP contribution < -0.4 is 5.48 Å². The monoisotopic (exact) mass is 426 g/mol. The van der Waals surface area contributed by atoms with Crippen LogP contribution in [0, 0.1) is 0 Å². The summed E-state index contributed by atoms with van der Waals surface area (Å²) in [7, 11) is 0. The molecule has 0 unspecified atom stereocenters. The molecule has 0 radical (unpaired) electrons. The molecule has 1 aliphatic rings. The molecule has 0 spiro atoms. The van der Waals surface area contributed by atoms with Gasteiger partial charge >= 0.3 is 6.09 Å². The van der Waals surface area contributed by atoms with Gasteiger partial charge in [0, 0.05) is 13.1 Å². The molecule has 6 heteroatoms. The number of rotatable bonds is 5. The summed E-state index contributed by atoms with van der Waals surface area (Å²) in [5.41, 5.74) is 6.10. The molecule has 31 heavy (non-hydrogen) atoms. The first-order valence-electron chi connectivity index (χ1n) is 10.8. The highest BCUT2D eigenvalue weighted by Crippen LogP contribution is 2.22. The molecule has 1 heterocycles. The van der Waals surface area contributed by atoms with Gasteiger partial charge in [-0.3, -0.25) is 9.63 Å². The number of fused-ring (bicyclic) bond motifs is 1. The van der Waals surface area contributed by atoms with Crippen molar-refractivity contribution in [2.45, 2.75) is 66.2 Å². The Bertz CT molecular complexity index is 860. The van der Waals surface area contributed by atoms with Gasteiger partial charge in [-0.2, -0.15) is 0 Å². The Labute approximate surface area is 185 Å². The molecule has 0 fully saturated rings. The summed E-state index contributed by atoms with van der Waals surface area (Å²) in [5, 5.41) is 0. The maximum atomic E-state index is 12.3. The normalized spacial score (nSPS) is 12.9. The number of carbonyl (C=O) groups is 2. The predicted octanol–water partition coefficient (Wildman–Crippen LogP) is 4.80. The molecule has 2 amide bonds. The van der Waals surface area contributed by atoms with Crippen molar-refractivity contribution in [1.29, 1.82) is 0 Å². The minimum absolute atomic E-state index is 0.208. The molecule has 0 aromatic heterocycles. The van der Waals surface area contributed by atoms with Crippen LogP contribution in [0.15, 0.2) is 48.5 Å². The SMILES string of the molecule is CC.CC(C)(C)OC(=O)N1CCc2ccc(CC(=O)NOCc3ccccc3)cc2C1. The minimum Gasteiger partial charge on any atom is -0.444 e. The van der Waals surface area contributed by atoms with Crippen LogP contribution in [0.1, 0.15) is 56.9 Å². The summed E-state index contributed by atoms with van der Waals surface area (Å²) >= 11 is 0. The summed E-state index contributed by atoms with van der Waals surface area (Å²) in [6, 6.07) is 15.6. The number of hydroxylamine groups is 1. The Morgan fingerprint density at radius 3 is 2.39 bits per heavy atom. The third-order valence-electron chi connectivity index (χ3n) is 4.57. The Balaban J connectivity index is 0.00000166. The summed E-state index contributed by atoms with van der Waals surface area (Å²) in [5.74, 6) is -0.208. The molecule has 0 bridgehead atoms. The van der Waals surface area contributed by atoms with Crippen molar-refractivity contribution >= 4 is 12.0 Å². The predicted molar refractivity (Wildman–Crippen MR) is 121 cm³/mol. The number of nitrogens with zero attached hydrogens (tertiary/aromatic N) is 1. The van der Waals surface area contributed by atoms with E-state index in [0.717, 1.165) is 23.1 Å². The molecule has 6 nitrogen and oxygen atoms in total. The van der Waals surface area contributed by atoms with E-state index < -0.39 is 5.60 Å². The third kappa shape index (κ3) is 8.06. The molecule has 1 N–H and O–H groups in total. The van der Waals surface area contributed by atoms with Gasteiger partial charge in [-0.15, -0.1) is 0 Å². The van der Waals surface area contributed by atoms with Gasteiger partial charge in [0.25, 0.3) is 0 Å². The van der Waals surface area contributed by atoms with Gasteiger partial charge in [0.1, 0.15) is 5.60 Å². The maximum Gasteiger partial charge on any atom is 0.410 e. The second kappa shape index (κ2) is 11.5. The van der Waals surface area contributed by atoms with Crippen LogP contribution in [0.25, 0.3) is 0 Å². The van der Waals surface area contributed by atoms with E-state index in [1.165, 1.54) is 5.56 Å². The van der Waals surface area contributed by atoms with Gasteiger partial charge in [-0.05, 0) is 49.4 Å². The van der Waals surface area contributed by atoms with Crippen LogP contribution in [0.4, 0.5) is 4.79 Å². The van der Waals surface area contributed by atoms with Gasteiger partial charge in [0.15, 0.2) is 0 Å². The summed E-state index contributed by atoms with van der Waals surface area (Å²) < 4.78 is 5.47. The summed E-state index contributed by atoms with van der Waals surface area (Å²) in [6.07, 6.45) is 0.691. The lowest BCUT2D eigenvalue weighted by Crippen LogP contribution is -2.39. The van der Waals surface area contributed by atoms with Crippen molar-refractivity contribution in [3.63, 3.8) is 0 Å². The molecule has 0 aliphatic carbocycles. The van der Waals surface area contributed by atoms with Crippen LogP contribution in [-0.4, -0.2) is 29.0 Å². The van der Waals surface area contributed by atoms with Gasteiger partial charge in [-0.25, -0.2) is 10.3 Å². The molecule has 3 rings (SSSR count). The molecule has 168 valence electrons. The highest BCUT2D eigenvalue weighted by molar-refractivity contribution is 5.77. The second-order valence-corrected chi connectivity index (χ2v) is 8.23. The number of ether oxygens (including phenoxy) is 1. The molecule has 1 aliphatic heterocycles. The fourth-order valence-electron chi connectivity index (χ4n) is 3.20. The van der Waals surface area contributed by atoms with Crippen LogP contribution in [0.5, 0.6) is 0 Å². The van der Waals surface area contributed by atoms with E-state index >= 15 is 0 Å². The van der Waals surface area contributed by atoms with E-state index in [-0.39, 0.29) is 18.4 Å². The largest absolute Gasteiger partial charge is 0.444 e. The van der Waals surface area contributed by atoms with Crippen molar-refractivity contribution < 1.29 is 19.2 Å². The fraction of sp³-hybridized carbons (Fsp3) is 0.440. The van der Waals surface area contributed by atoms with Crippen LogP contribution >= 0.6 is 0 Å². The number of amides is 2. The van der Waals surface area contributed by atoms with Crippen molar-refractivity contribution in [3.8, 4) is 0 Å². The van der Waals surface area contributed by atoms with Crippen molar-refractivity contribution in [2.75, 3.05) is 6.54 Å². The topological polar surface area (TPSA) is 67.9 Å². The van der Waals surface area contributed by atoms with E-state index in [1.54, 1.807) is 4.90 Å². The van der Waals surface area contributed by atoms with Crippen LogP contribution in [0.3, 0.4) is 0 Å². The Kier molecular flexibility index (Phi) is 9.06. The molecule has 0 saturated heterocycles. The first-order valence-corrected chi connectivity index (χ1v) is 10.8. The molecule has 2 aromatic rings. The smallest absolute Gasteiger partial charge is 0.410 e. The van der Waals surface area contributed by atoms with Gasteiger partial charge in [0.2, 0.25) is 5.91 Å². The second-order valence-electron chi connectivity index (χ2n) is 8.23. The Morgan fingerprint density at radius 1 is 1.00 bits per heavy atom. The van der Waals surface area contributed by atoms with Crippen molar-refractivity contribution in [2.24, 2.45) is 0 Å². The van der Waals surface area contributed by atoms with E-state index in [9.17, 15) is 9.59 Å². The maximum absolute atomic E-state index is 12.3. The zero-order valence-corrected chi connectivity index (χ0v) is 19.2. The lowest BCUT2D eigenvalue weighted by Gasteiger charge is -2.31. The Hall–Kier alpha value is -2.86. The molecular formula is C25H34N2O4. The highest BCUT2D eigenvalue weighted by atomic mass is 16.6. The average Bonchev–Trinajstić information content (AvgIpc) is 2.74. The van der Waals surface area contributed by atoms with Gasteiger partial charge in [-0.1, -0.05) is 62.4 Å². The number of benzene rings is 2. The quantitative estimate of drug-likeness (QED) is 0.698. The number of nitrogens with one attached hydrogen (secondary N) is 1. The fourth-order valence-corrected chi connectivity index (χ4v) is 3.20. The Morgan fingerprint density at radius 2 is 1.71 bits per heavy atom. The number of hydrogen-bond acceptors (Lipinski definition) is 4. The molecule has 0 atom stereocenters.